The summed E-state index contributed by atoms with van der Waals surface area (Å²) in [7, 11) is 0. The van der Waals surface area contributed by atoms with Crippen LogP contribution in [0.2, 0.25) is 0 Å². The lowest BCUT2D eigenvalue weighted by Crippen LogP contribution is -2.50. The minimum atomic E-state index is -0.478. The van der Waals surface area contributed by atoms with Gasteiger partial charge in [0.05, 0.1) is 16.9 Å². The van der Waals surface area contributed by atoms with Crippen LogP contribution in [0.1, 0.15) is 49.7 Å². The molecule has 2 heterocycles. The summed E-state index contributed by atoms with van der Waals surface area (Å²) in [6.45, 7) is 6.74. The zero-order valence-electron chi connectivity index (χ0n) is 14.9. The molecule has 0 radical (unpaired) electrons. The zero-order valence-corrected chi connectivity index (χ0v) is 14.9. The molecule has 2 N–H and O–H groups in total. The molecule has 3 rings (SSSR count). The molecule has 1 aliphatic heterocycles. The molecule has 1 fully saturated rings. The Kier molecular flexibility index (Phi) is 4.61. The van der Waals surface area contributed by atoms with E-state index in [0.717, 1.165) is 12.1 Å². The molecule has 1 aromatic carbocycles. The first-order valence-electron chi connectivity index (χ1n) is 8.60. The van der Waals surface area contributed by atoms with E-state index in [1.807, 2.05) is 51.1 Å². The second-order valence-corrected chi connectivity index (χ2v) is 7.38. The molecule has 132 valence electrons. The van der Waals surface area contributed by atoms with Crippen molar-refractivity contribution in [2.24, 2.45) is 0 Å². The van der Waals surface area contributed by atoms with Crippen molar-refractivity contribution in [1.82, 2.24) is 20.4 Å². The predicted molar refractivity (Wildman–Crippen MR) is 95.8 cm³/mol. The number of para-hydroxylation sites is 1. The fourth-order valence-electron chi connectivity index (χ4n) is 2.95. The van der Waals surface area contributed by atoms with Gasteiger partial charge in [-0.25, -0.2) is 4.68 Å². The van der Waals surface area contributed by atoms with Crippen LogP contribution in [0.25, 0.3) is 5.69 Å². The summed E-state index contributed by atoms with van der Waals surface area (Å²) >= 11 is 0. The maximum Gasteiger partial charge on any atom is 0.255 e. The van der Waals surface area contributed by atoms with Crippen molar-refractivity contribution < 1.29 is 9.59 Å². The SMILES string of the molecule is CC(C)(C)c1nn(-c2ccccc2)cc1C(=O)N[C@@H]1CCCNC1=O. The van der Waals surface area contributed by atoms with Crippen molar-refractivity contribution >= 4 is 11.8 Å². The number of hydrogen-bond donors (Lipinski definition) is 2. The summed E-state index contributed by atoms with van der Waals surface area (Å²) in [5.74, 6) is -0.374. The summed E-state index contributed by atoms with van der Waals surface area (Å²) < 4.78 is 1.72. The molecule has 2 aromatic rings. The zero-order chi connectivity index (χ0) is 18.0. The fourth-order valence-corrected chi connectivity index (χ4v) is 2.95. The molecule has 0 aliphatic carbocycles. The van der Waals surface area contributed by atoms with Crippen LogP contribution in [-0.4, -0.2) is 34.2 Å². The van der Waals surface area contributed by atoms with Crippen LogP contribution in [0.5, 0.6) is 0 Å². The highest BCUT2D eigenvalue weighted by Crippen LogP contribution is 2.26. The molecule has 0 bridgehead atoms. The predicted octanol–water partition coefficient (Wildman–Crippen LogP) is 2.18. The Morgan fingerprint density at radius 2 is 2.00 bits per heavy atom. The number of hydrogen-bond acceptors (Lipinski definition) is 3. The van der Waals surface area contributed by atoms with Gasteiger partial charge in [-0.3, -0.25) is 9.59 Å². The maximum atomic E-state index is 12.8. The van der Waals surface area contributed by atoms with E-state index in [2.05, 4.69) is 15.7 Å². The van der Waals surface area contributed by atoms with Crippen molar-refractivity contribution in [2.45, 2.75) is 45.1 Å². The molecule has 2 amide bonds. The summed E-state index contributed by atoms with van der Waals surface area (Å²) in [5.41, 5.74) is 1.82. The van der Waals surface area contributed by atoms with E-state index in [9.17, 15) is 9.59 Å². The Morgan fingerprint density at radius 3 is 2.64 bits per heavy atom. The van der Waals surface area contributed by atoms with E-state index in [4.69, 9.17) is 0 Å². The molecule has 0 spiro atoms. The Labute approximate surface area is 147 Å². The number of rotatable bonds is 3. The molecule has 1 atom stereocenters. The molecular formula is C19H24N4O2. The first-order valence-corrected chi connectivity index (χ1v) is 8.60. The molecule has 0 unspecified atom stereocenters. The van der Waals surface area contributed by atoms with Crippen LogP contribution in [0.4, 0.5) is 0 Å². The van der Waals surface area contributed by atoms with Crippen LogP contribution in [0.15, 0.2) is 36.5 Å². The Hall–Kier alpha value is -2.63. The van der Waals surface area contributed by atoms with E-state index >= 15 is 0 Å². The van der Waals surface area contributed by atoms with E-state index in [-0.39, 0.29) is 17.2 Å². The first kappa shape index (κ1) is 17.2. The fraction of sp³-hybridized carbons (Fsp3) is 0.421. The molecule has 1 saturated heterocycles. The number of nitrogens with zero attached hydrogens (tertiary/aromatic N) is 2. The second kappa shape index (κ2) is 6.70. The minimum absolute atomic E-state index is 0.118. The number of benzene rings is 1. The Morgan fingerprint density at radius 1 is 1.28 bits per heavy atom. The standard InChI is InChI=1S/C19H24N4O2/c1-19(2,3)16-14(12-23(22-16)13-8-5-4-6-9-13)17(24)21-15-10-7-11-20-18(15)25/h4-6,8-9,12,15H,7,10-11H2,1-3H3,(H,20,25)(H,21,24)/t15-/m1/s1. The summed E-state index contributed by atoms with van der Waals surface area (Å²) in [6.07, 6.45) is 3.27. The maximum absolute atomic E-state index is 12.8. The van der Waals surface area contributed by atoms with E-state index in [0.29, 0.717) is 24.2 Å². The number of nitrogens with one attached hydrogen (secondary N) is 2. The number of carbonyl (C=O) groups is 2. The third kappa shape index (κ3) is 3.73. The first-order chi connectivity index (χ1) is 11.9. The van der Waals surface area contributed by atoms with Crippen LogP contribution in [-0.2, 0) is 10.2 Å². The molecule has 6 nitrogen and oxygen atoms in total. The number of carbonyl (C=O) groups excluding carboxylic acids is 2. The lowest BCUT2D eigenvalue weighted by atomic mass is 9.89. The third-order valence-corrected chi connectivity index (χ3v) is 4.28. The van der Waals surface area contributed by atoms with Crippen LogP contribution in [0, 0.1) is 0 Å². The Balaban J connectivity index is 1.92. The monoisotopic (exact) mass is 340 g/mol. The van der Waals surface area contributed by atoms with Crippen LogP contribution in [0.3, 0.4) is 0 Å². The summed E-state index contributed by atoms with van der Waals surface area (Å²) in [6, 6.07) is 9.20. The van der Waals surface area contributed by atoms with Crippen LogP contribution < -0.4 is 10.6 Å². The van der Waals surface area contributed by atoms with Gasteiger partial charge in [0.2, 0.25) is 5.91 Å². The van der Waals surface area contributed by atoms with E-state index in [1.54, 1.807) is 10.9 Å². The van der Waals surface area contributed by atoms with Gasteiger partial charge >= 0.3 is 0 Å². The molecule has 25 heavy (non-hydrogen) atoms. The quantitative estimate of drug-likeness (QED) is 0.899. The number of aromatic nitrogens is 2. The highest BCUT2D eigenvalue weighted by molar-refractivity contribution is 5.98. The lowest BCUT2D eigenvalue weighted by Gasteiger charge is -2.23. The van der Waals surface area contributed by atoms with Gasteiger partial charge in [0.1, 0.15) is 6.04 Å². The van der Waals surface area contributed by atoms with Crippen molar-refractivity contribution in [3.05, 3.63) is 47.8 Å². The molecule has 6 heteroatoms. The second-order valence-electron chi connectivity index (χ2n) is 7.38. The molecule has 0 saturated carbocycles. The summed E-state index contributed by atoms with van der Waals surface area (Å²) in [4.78, 5) is 24.7. The van der Waals surface area contributed by atoms with Crippen molar-refractivity contribution in [2.75, 3.05) is 6.54 Å². The van der Waals surface area contributed by atoms with E-state index < -0.39 is 6.04 Å². The Bertz CT molecular complexity index is 774. The van der Waals surface area contributed by atoms with Gasteiger partial charge in [0, 0.05) is 18.2 Å². The van der Waals surface area contributed by atoms with Crippen molar-refractivity contribution in [1.29, 1.82) is 0 Å². The van der Waals surface area contributed by atoms with Gasteiger partial charge in [-0.15, -0.1) is 0 Å². The highest BCUT2D eigenvalue weighted by Gasteiger charge is 2.30. The average molecular weight is 340 g/mol. The molecule has 1 aliphatic rings. The van der Waals surface area contributed by atoms with Crippen LogP contribution >= 0.6 is 0 Å². The average Bonchev–Trinajstić information content (AvgIpc) is 3.04. The van der Waals surface area contributed by atoms with Crippen molar-refractivity contribution in [3.63, 3.8) is 0 Å². The normalized spacial score (nSPS) is 17.9. The lowest BCUT2D eigenvalue weighted by molar-refractivity contribution is -0.124. The highest BCUT2D eigenvalue weighted by atomic mass is 16.2. The van der Waals surface area contributed by atoms with Gasteiger partial charge in [0.25, 0.3) is 5.91 Å². The number of amides is 2. The van der Waals surface area contributed by atoms with Gasteiger partial charge in [-0.2, -0.15) is 5.10 Å². The smallest absolute Gasteiger partial charge is 0.255 e. The van der Waals surface area contributed by atoms with E-state index in [1.165, 1.54) is 0 Å². The summed E-state index contributed by atoms with van der Waals surface area (Å²) in [5, 5.41) is 10.3. The van der Waals surface area contributed by atoms with Gasteiger partial charge in [-0.05, 0) is 25.0 Å². The topological polar surface area (TPSA) is 76.0 Å². The van der Waals surface area contributed by atoms with Gasteiger partial charge < -0.3 is 10.6 Å². The van der Waals surface area contributed by atoms with Gasteiger partial charge in [-0.1, -0.05) is 39.0 Å². The third-order valence-electron chi connectivity index (χ3n) is 4.28. The number of piperidine rings is 1. The molecule has 1 aromatic heterocycles. The largest absolute Gasteiger partial charge is 0.354 e. The minimum Gasteiger partial charge on any atom is -0.354 e. The van der Waals surface area contributed by atoms with Crippen molar-refractivity contribution in [3.8, 4) is 5.69 Å². The molecular weight excluding hydrogens is 316 g/mol. The van der Waals surface area contributed by atoms with Gasteiger partial charge in [0.15, 0.2) is 0 Å².